The summed E-state index contributed by atoms with van der Waals surface area (Å²) in [6.45, 7) is 1.44. The quantitative estimate of drug-likeness (QED) is 0.432. The average molecular weight is 354 g/mol. The zero-order valence-electron chi connectivity index (χ0n) is 14.3. The summed E-state index contributed by atoms with van der Waals surface area (Å²) < 4.78 is 5.53. The van der Waals surface area contributed by atoms with Crippen molar-refractivity contribution in [2.75, 3.05) is 0 Å². The van der Waals surface area contributed by atoms with Crippen molar-refractivity contribution in [3.05, 3.63) is 53.1 Å². The number of benzene rings is 2. The fourth-order valence-electron chi connectivity index (χ4n) is 3.21. The molecule has 1 heterocycles. The number of Topliss-reactive ketones (excluding diaryl/α,β-unsaturated/α-hetero) is 2. The van der Waals surface area contributed by atoms with Crippen LogP contribution >= 0.6 is 0 Å². The normalized spacial score (nSPS) is 15.9. The van der Waals surface area contributed by atoms with Crippen LogP contribution in [0.3, 0.4) is 0 Å². The van der Waals surface area contributed by atoms with Gasteiger partial charge in [-0.2, -0.15) is 0 Å². The van der Waals surface area contributed by atoms with E-state index in [0.717, 1.165) is 5.56 Å². The first-order valence-corrected chi connectivity index (χ1v) is 8.35. The molecule has 2 aromatic rings. The van der Waals surface area contributed by atoms with Crippen LogP contribution in [0.2, 0.25) is 5.82 Å². The third-order valence-corrected chi connectivity index (χ3v) is 4.53. The molecule has 0 spiro atoms. The predicted molar refractivity (Wildman–Crippen MR) is 95.6 cm³/mol. The molecule has 0 aromatic heterocycles. The van der Waals surface area contributed by atoms with Gasteiger partial charge in [-0.25, -0.2) is 0 Å². The summed E-state index contributed by atoms with van der Waals surface area (Å²) in [5.41, 5.74) is 1.80. The first-order valence-electron chi connectivity index (χ1n) is 8.35. The van der Waals surface area contributed by atoms with Gasteiger partial charge in [-0.1, -0.05) is 18.2 Å². The van der Waals surface area contributed by atoms with Gasteiger partial charge in [-0.05, 0) is 42.7 Å². The molecule has 2 aromatic carbocycles. The van der Waals surface area contributed by atoms with Crippen LogP contribution in [0.4, 0.5) is 0 Å². The molecule has 1 aliphatic heterocycles. The highest BCUT2D eigenvalue weighted by molar-refractivity contribution is 6.47. The summed E-state index contributed by atoms with van der Waals surface area (Å²) in [7, 11) is -1.17. The Hall–Kier alpha value is -2.80. The van der Waals surface area contributed by atoms with Crippen molar-refractivity contribution in [2.24, 2.45) is 0 Å². The fourth-order valence-corrected chi connectivity index (χ4v) is 3.21. The molecule has 0 aliphatic carbocycles. The predicted octanol–water partition coefficient (Wildman–Crippen LogP) is 2.29. The van der Waals surface area contributed by atoms with Gasteiger partial charge < -0.3 is 19.9 Å². The van der Waals surface area contributed by atoms with Crippen LogP contribution in [0, 0.1) is 0 Å². The lowest BCUT2D eigenvalue weighted by Gasteiger charge is -2.28. The van der Waals surface area contributed by atoms with Crippen LogP contribution in [0.5, 0.6) is 17.2 Å². The minimum Gasteiger partial charge on any atom is -0.535 e. The number of fused-ring (bicyclic) bond motifs is 1. The van der Waals surface area contributed by atoms with Crippen molar-refractivity contribution < 1.29 is 29.5 Å². The summed E-state index contributed by atoms with van der Waals surface area (Å²) in [6.07, 6.45) is 0.619. The molecule has 1 aliphatic rings. The van der Waals surface area contributed by atoms with Crippen molar-refractivity contribution in [1.82, 2.24) is 0 Å². The van der Waals surface area contributed by atoms with Gasteiger partial charge >= 0.3 is 7.12 Å². The lowest BCUT2D eigenvalue weighted by atomic mass is 9.64. The molecule has 0 fully saturated rings. The van der Waals surface area contributed by atoms with Crippen molar-refractivity contribution >= 4 is 18.7 Å². The lowest BCUT2D eigenvalue weighted by Crippen LogP contribution is -2.36. The molecule has 0 saturated heterocycles. The molecule has 3 N–H and O–H groups in total. The maximum Gasteiger partial charge on any atom is 0.526 e. The number of carbonyl (C=O) groups excluding carboxylic acids is 2. The topological polar surface area (TPSA) is 104 Å². The van der Waals surface area contributed by atoms with E-state index in [-0.39, 0.29) is 35.9 Å². The van der Waals surface area contributed by atoms with Crippen molar-refractivity contribution in [2.45, 2.75) is 32.0 Å². The number of rotatable bonds is 5. The molecular weight excluding hydrogens is 335 g/mol. The van der Waals surface area contributed by atoms with Crippen LogP contribution < -0.4 is 4.65 Å². The Balaban J connectivity index is 1.70. The van der Waals surface area contributed by atoms with Gasteiger partial charge in [0, 0.05) is 18.7 Å². The number of ketones is 2. The second-order valence-electron chi connectivity index (χ2n) is 6.57. The van der Waals surface area contributed by atoms with Gasteiger partial charge in [0.25, 0.3) is 0 Å². The molecule has 134 valence electrons. The zero-order chi connectivity index (χ0) is 18.8. The van der Waals surface area contributed by atoms with E-state index in [1.165, 1.54) is 19.1 Å². The summed E-state index contributed by atoms with van der Waals surface area (Å²) in [4.78, 5) is 24.0. The van der Waals surface area contributed by atoms with Crippen molar-refractivity contribution in [1.29, 1.82) is 0 Å². The molecule has 1 atom stereocenters. The summed E-state index contributed by atoms with van der Waals surface area (Å²) in [5, 5.41) is 29.1. The molecule has 3 rings (SSSR count). The molecule has 0 saturated carbocycles. The number of phenolic OH excluding ortho intramolecular Hbond substituents is 2. The van der Waals surface area contributed by atoms with Gasteiger partial charge in [-0.3, -0.25) is 9.59 Å². The lowest BCUT2D eigenvalue weighted by molar-refractivity contribution is -0.118. The largest absolute Gasteiger partial charge is 0.535 e. The number of para-hydroxylation sites is 1. The molecule has 7 heteroatoms. The highest BCUT2D eigenvalue weighted by Crippen LogP contribution is 2.36. The van der Waals surface area contributed by atoms with Gasteiger partial charge in [0.2, 0.25) is 0 Å². The van der Waals surface area contributed by atoms with Crippen LogP contribution in [-0.4, -0.2) is 33.9 Å². The van der Waals surface area contributed by atoms with Crippen LogP contribution in [0.25, 0.3) is 0 Å². The van der Waals surface area contributed by atoms with E-state index < -0.39 is 12.9 Å². The number of phenols is 2. The van der Waals surface area contributed by atoms with E-state index in [0.29, 0.717) is 23.3 Å². The van der Waals surface area contributed by atoms with E-state index in [1.54, 1.807) is 18.2 Å². The maximum atomic E-state index is 12.3. The fraction of sp³-hybridized carbons (Fsp3) is 0.263. The first-order chi connectivity index (χ1) is 12.3. The molecule has 6 nitrogen and oxygen atoms in total. The Bertz CT molecular complexity index is 863. The third kappa shape index (κ3) is 3.73. The van der Waals surface area contributed by atoms with Crippen LogP contribution in [-0.2, 0) is 17.6 Å². The maximum absolute atomic E-state index is 12.3. The minimum atomic E-state index is -1.17. The number of hydrogen-bond donors (Lipinski definition) is 3. The number of aromatic hydroxyl groups is 2. The Kier molecular flexibility index (Phi) is 5.00. The van der Waals surface area contributed by atoms with Gasteiger partial charge in [0.05, 0.1) is 5.56 Å². The van der Waals surface area contributed by atoms with E-state index in [4.69, 9.17) is 4.65 Å². The Morgan fingerprint density at radius 1 is 1.19 bits per heavy atom. The summed E-state index contributed by atoms with van der Waals surface area (Å²) in [5.74, 6) is -0.801. The third-order valence-electron chi connectivity index (χ3n) is 4.53. The van der Waals surface area contributed by atoms with Gasteiger partial charge in [0.1, 0.15) is 11.5 Å². The molecule has 0 unspecified atom stereocenters. The highest BCUT2D eigenvalue weighted by atomic mass is 16.5. The Morgan fingerprint density at radius 3 is 2.65 bits per heavy atom. The first kappa shape index (κ1) is 18.0. The van der Waals surface area contributed by atoms with Gasteiger partial charge in [-0.15, -0.1) is 0 Å². The van der Waals surface area contributed by atoms with Crippen molar-refractivity contribution in [3.63, 3.8) is 0 Å². The SMILES string of the molecule is CC(=O)c1cccc2c1OB(O)[C@@H](CC(=O)Cc1ccc(O)c(O)c1)C2. The Morgan fingerprint density at radius 2 is 1.96 bits per heavy atom. The van der Waals surface area contributed by atoms with E-state index in [9.17, 15) is 24.8 Å². The van der Waals surface area contributed by atoms with Crippen molar-refractivity contribution in [3.8, 4) is 17.2 Å². The molecule has 0 amide bonds. The second-order valence-corrected chi connectivity index (χ2v) is 6.57. The smallest absolute Gasteiger partial charge is 0.526 e. The summed E-state index contributed by atoms with van der Waals surface area (Å²) >= 11 is 0. The number of hydrogen-bond acceptors (Lipinski definition) is 6. The van der Waals surface area contributed by atoms with Gasteiger partial charge in [0.15, 0.2) is 17.3 Å². The standard InChI is InChI=1S/C19H19BO6/c1-11(21)16-4-2-3-13-9-14(20(25)26-19(13)16)10-15(22)7-12-5-6-17(23)18(24)8-12/h2-6,8,14,23-25H,7,9-10H2,1H3/t14-/m1/s1. The second kappa shape index (κ2) is 7.21. The monoisotopic (exact) mass is 354 g/mol. The zero-order valence-corrected chi connectivity index (χ0v) is 14.3. The average Bonchev–Trinajstić information content (AvgIpc) is 2.58. The number of carbonyl (C=O) groups is 2. The van der Waals surface area contributed by atoms with Crippen LogP contribution in [0.1, 0.15) is 34.8 Å². The summed E-state index contributed by atoms with van der Waals surface area (Å²) in [6, 6.07) is 9.47. The minimum absolute atomic E-state index is 0.0808. The van der Waals surface area contributed by atoms with E-state index in [2.05, 4.69) is 0 Å². The van der Waals surface area contributed by atoms with E-state index in [1.807, 2.05) is 6.07 Å². The molecule has 0 radical (unpaired) electrons. The Labute approximate surface area is 151 Å². The molecular formula is C19H19BO6. The highest BCUT2D eigenvalue weighted by Gasteiger charge is 2.37. The molecule has 0 bridgehead atoms. The van der Waals surface area contributed by atoms with Crippen LogP contribution in [0.15, 0.2) is 36.4 Å². The van der Waals surface area contributed by atoms with E-state index >= 15 is 0 Å². The molecule has 26 heavy (non-hydrogen) atoms.